The number of pyridine rings is 1. The Bertz CT molecular complexity index is 703. The van der Waals surface area contributed by atoms with E-state index < -0.39 is 10.0 Å². The third-order valence-corrected chi connectivity index (χ3v) is 4.63. The number of aryl methyl sites for hydroxylation is 1. The molecular formula is C12H10Cl2N2O2S. The maximum Gasteiger partial charge on any atom is 0.263 e. The summed E-state index contributed by atoms with van der Waals surface area (Å²) < 4.78 is 26.8. The number of benzene rings is 1. The quantitative estimate of drug-likeness (QED) is 0.942. The van der Waals surface area contributed by atoms with Gasteiger partial charge in [-0.05, 0) is 36.8 Å². The van der Waals surface area contributed by atoms with Gasteiger partial charge in [0.1, 0.15) is 5.82 Å². The highest BCUT2D eigenvalue weighted by atomic mass is 35.5. The molecule has 7 heteroatoms. The molecule has 19 heavy (non-hydrogen) atoms. The smallest absolute Gasteiger partial charge is 0.263 e. The van der Waals surface area contributed by atoms with Gasteiger partial charge in [-0.25, -0.2) is 13.4 Å². The molecular weight excluding hydrogens is 307 g/mol. The molecule has 100 valence electrons. The second-order valence-corrected chi connectivity index (χ2v) is 6.32. The Morgan fingerprint density at radius 1 is 1.16 bits per heavy atom. The zero-order chi connectivity index (χ0) is 14.0. The molecule has 0 amide bonds. The SMILES string of the molecule is Cc1cc(Cl)c(Cl)cc1S(=O)(=O)Nc1ccccn1. The van der Waals surface area contributed by atoms with Crippen molar-refractivity contribution in [1.29, 1.82) is 0 Å². The van der Waals surface area contributed by atoms with Gasteiger partial charge in [-0.3, -0.25) is 4.72 Å². The molecule has 0 unspecified atom stereocenters. The van der Waals surface area contributed by atoms with Gasteiger partial charge < -0.3 is 0 Å². The Hall–Kier alpha value is -1.30. The summed E-state index contributed by atoms with van der Waals surface area (Å²) in [5.41, 5.74) is 0.512. The zero-order valence-corrected chi connectivity index (χ0v) is 12.2. The molecule has 4 nitrogen and oxygen atoms in total. The van der Waals surface area contributed by atoms with Gasteiger partial charge in [0, 0.05) is 6.20 Å². The second kappa shape index (κ2) is 5.36. The Labute approximate surface area is 121 Å². The largest absolute Gasteiger partial charge is 0.263 e. The number of hydrogen-bond donors (Lipinski definition) is 1. The van der Waals surface area contributed by atoms with Crippen LogP contribution in [0.15, 0.2) is 41.4 Å². The van der Waals surface area contributed by atoms with Gasteiger partial charge in [0.2, 0.25) is 0 Å². The van der Waals surface area contributed by atoms with Crippen molar-refractivity contribution >= 4 is 39.0 Å². The van der Waals surface area contributed by atoms with Gasteiger partial charge in [0.25, 0.3) is 10.0 Å². The first-order chi connectivity index (χ1) is 8.90. The molecule has 0 radical (unpaired) electrons. The first-order valence-electron chi connectivity index (χ1n) is 5.29. The summed E-state index contributed by atoms with van der Waals surface area (Å²) in [6, 6.07) is 7.78. The van der Waals surface area contributed by atoms with Crippen molar-refractivity contribution in [2.75, 3.05) is 4.72 Å². The molecule has 0 saturated carbocycles. The summed E-state index contributed by atoms with van der Waals surface area (Å²) >= 11 is 11.7. The summed E-state index contributed by atoms with van der Waals surface area (Å²) in [6.45, 7) is 1.65. The van der Waals surface area contributed by atoms with Gasteiger partial charge in [-0.1, -0.05) is 29.3 Å². The molecule has 0 spiro atoms. The van der Waals surface area contributed by atoms with Crippen LogP contribution in [0.25, 0.3) is 0 Å². The summed E-state index contributed by atoms with van der Waals surface area (Å²) in [4.78, 5) is 3.99. The zero-order valence-electron chi connectivity index (χ0n) is 9.89. The van der Waals surface area contributed by atoms with Crippen LogP contribution in [0.2, 0.25) is 10.0 Å². The lowest BCUT2D eigenvalue weighted by atomic mass is 10.2. The van der Waals surface area contributed by atoms with Crippen molar-refractivity contribution in [2.45, 2.75) is 11.8 Å². The Morgan fingerprint density at radius 3 is 2.47 bits per heavy atom. The first-order valence-corrected chi connectivity index (χ1v) is 7.53. The third kappa shape index (κ3) is 3.18. The van der Waals surface area contributed by atoms with E-state index >= 15 is 0 Å². The molecule has 0 aliphatic heterocycles. The van der Waals surface area contributed by atoms with Crippen molar-refractivity contribution in [2.24, 2.45) is 0 Å². The molecule has 1 N–H and O–H groups in total. The van der Waals surface area contributed by atoms with Crippen LogP contribution in [0, 0.1) is 6.92 Å². The minimum absolute atomic E-state index is 0.0764. The van der Waals surface area contributed by atoms with E-state index in [2.05, 4.69) is 9.71 Å². The van der Waals surface area contributed by atoms with E-state index in [-0.39, 0.29) is 15.7 Å². The lowest BCUT2D eigenvalue weighted by Crippen LogP contribution is -2.15. The number of rotatable bonds is 3. The van der Waals surface area contributed by atoms with Crippen molar-refractivity contribution in [1.82, 2.24) is 4.98 Å². The molecule has 1 aromatic heterocycles. The van der Waals surface area contributed by atoms with Crippen LogP contribution < -0.4 is 4.72 Å². The molecule has 2 aromatic rings. The van der Waals surface area contributed by atoms with Crippen LogP contribution in [0.5, 0.6) is 0 Å². The highest BCUT2D eigenvalue weighted by Crippen LogP contribution is 2.28. The highest BCUT2D eigenvalue weighted by molar-refractivity contribution is 7.92. The minimum atomic E-state index is -3.74. The molecule has 1 aromatic carbocycles. The van der Waals surface area contributed by atoms with Gasteiger partial charge in [-0.15, -0.1) is 0 Å². The molecule has 0 bridgehead atoms. The maximum atomic E-state index is 12.2. The molecule has 1 heterocycles. The summed E-state index contributed by atoms with van der Waals surface area (Å²) in [5.74, 6) is 0.243. The fraction of sp³-hybridized carbons (Fsp3) is 0.0833. The number of halogens is 2. The fourth-order valence-corrected chi connectivity index (χ4v) is 3.24. The number of nitrogens with zero attached hydrogens (tertiary/aromatic N) is 1. The van der Waals surface area contributed by atoms with Crippen LogP contribution in [0.4, 0.5) is 5.82 Å². The highest BCUT2D eigenvalue weighted by Gasteiger charge is 2.19. The normalized spacial score (nSPS) is 11.3. The standard InChI is InChI=1S/C12H10Cl2N2O2S/c1-8-6-9(13)10(14)7-11(8)19(17,18)16-12-4-2-3-5-15-12/h2-7H,1H3,(H,15,16). The van der Waals surface area contributed by atoms with E-state index in [1.165, 1.54) is 18.3 Å². The molecule has 0 atom stereocenters. The van der Waals surface area contributed by atoms with Gasteiger partial charge >= 0.3 is 0 Å². The lowest BCUT2D eigenvalue weighted by molar-refractivity contribution is 0.600. The predicted octanol–water partition coefficient (Wildman–Crippen LogP) is 3.50. The maximum absolute atomic E-state index is 12.2. The van der Waals surface area contributed by atoms with Gasteiger partial charge in [0.05, 0.1) is 14.9 Å². The van der Waals surface area contributed by atoms with Crippen molar-refractivity contribution in [3.05, 3.63) is 52.1 Å². The molecule has 0 saturated heterocycles. The van der Waals surface area contributed by atoms with Crippen LogP contribution >= 0.6 is 23.2 Å². The first kappa shape index (κ1) is 14.1. The summed E-state index contributed by atoms with van der Waals surface area (Å²) in [7, 11) is -3.74. The third-order valence-electron chi connectivity index (χ3n) is 2.41. The Kier molecular flexibility index (Phi) is 3.99. The van der Waals surface area contributed by atoms with E-state index in [0.717, 1.165) is 0 Å². The lowest BCUT2D eigenvalue weighted by Gasteiger charge is -2.10. The van der Waals surface area contributed by atoms with E-state index in [1.807, 2.05) is 0 Å². The number of sulfonamides is 1. The molecule has 0 aliphatic rings. The van der Waals surface area contributed by atoms with Crippen molar-refractivity contribution in [3.8, 4) is 0 Å². The number of hydrogen-bond acceptors (Lipinski definition) is 3. The average molecular weight is 317 g/mol. The number of nitrogens with one attached hydrogen (secondary N) is 1. The summed E-state index contributed by atoms with van der Waals surface area (Å²) in [6.07, 6.45) is 1.50. The predicted molar refractivity (Wildman–Crippen MR) is 76.2 cm³/mol. The topological polar surface area (TPSA) is 59.1 Å². The second-order valence-electron chi connectivity index (χ2n) is 3.85. The summed E-state index contributed by atoms with van der Waals surface area (Å²) in [5, 5.41) is 0.504. The van der Waals surface area contributed by atoms with Gasteiger partial charge in [0.15, 0.2) is 0 Å². The van der Waals surface area contributed by atoms with E-state index in [0.29, 0.717) is 10.6 Å². The van der Waals surface area contributed by atoms with E-state index in [4.69, 9.17) is 23.2 Å². The van der Waals surface area contributed by atoms with Gasteiger partial charge in [-0.2, -0.15) is 0 Å². The Balaban J connectivity index is 2.43. The number of anilines is 1. The van der Waals surface area contributed by atoms with Crippen LogP contribution in [0.3, 0.4) is 0 Å². The molecule has 0 fully saturated rings. The van der Waals surface area contributed by atoms with E-state index in [9.17, 15) is 8.42 Å². The molecule has 0 aliphatic carbocycles. The Morgan fingerprint density at radius 2 is 1.84 bits per heavy atom. The van der Waals surface area contributed by atoms with Crippen molar-refractivity contribution in [3.63, 3.8) is 0 Å². The average Bonchev–Trinajstić information content (AvgIpc) is 2.34. The van der Waals surface area contributed by atoms with E-state index in [1.54, 1.807) is 25.1 Å². The van der Waals surface area contributed by atoms with Crippen LogP contribution in [0.1, 0.15) is 5.56 Å². The monoisotopic (exact) mass is 316 g/mol. The minimum Gasteiger partial charge on any atom is -0.263 e. The fourth-order valence-electron chi connectivity index (χ4n) is 1.53. The van der Waals surface area contributed by atoms with Crippen LogP contribution in [-0.2, 0) is 10.0 Å². The van der Waals surface area contributed by atoms with Crippen LogP contribution in [-0.4, -0.2) is 13.4 Å². The van der Waals surface area contributed by atoms with Crippen molar-refractivity contribution < 1.29 is 8.42 Å². The molecule has 2 rings (SSSR count). The number of aromatic nitrogens is 1.